The Bertz CT molecular complexity index is 417. The zero-order chi connectivity index (χ0) is 14.3. The fourth-order valence-electron chi connectivity index (χ4n) is 1.58. The summed E-state index contributed by atoms with van der Waals surface area (Å²) in [5.74, 6) is -0.390. The van der Waals surface area contributed by atoms with E-state index in [4.69, 9.17) is 4.74 Å². The van der Waals surface area contributed by atoms with Crippen LogP contribution in [0.4, 0.5) is 4.79 Å². The first-order valence-corrected chi connectivity index (χ1v) is 6.11. The molecule has 19 heavy (non-hydrogen) atoms. The highest BCUT2D eigenvalue weighted by atomic mass is 16.6. The van der Waals surface area contributed by atoms with Gasteiger partial charge in [-0.15, -0.1) is 0 Å². The van der Waals surface area contributed by atoms with Crippen LogP contribution in [0.3, 0.4) is 0 Å². The standard InChI is InChI=1S/C14H19NO4/c1-10(2)19-14(17)15-12(9-13(16)18-3)11-7-5-4-6-8-11/h4-8,10,12H,9H2,1-3H3,(H,15,17). The monoisotopic (exact) mass is 265 g/mol. The summed E-state index contributed by atoms with van der Waals surface area (Å²) in [6.45, 7) is 3.52. The molecular weight excluding hydrogens is 246 g/mol. The first kappa shape index (κ1) is 15.0. The Morgan fingerprint density at radius 2 is 1.84 bits per heavy atom. The summed E-state index contributed by atoms with van der Waals surface area (Å²) in [5, 5.41) is 2.67. The lowest BCUT2D eigenvalue weighted by molar-refractivity contribution is -0.141. The maximum atomic E-state index is 11.6. The average molecular weight is 265 g/mol. The van der Waals surface area contributed by atoms with Crippen LogP contribution in [0.25, 0.3) is 0 Å². The minimum atomic E-state index is -0.548. The molecule has 5 nitrogen and oxygen atoms in total. The average Bonchev–Trinajstić information content (AvgIpc) is 2.37. The van der Waals surface area contributed by atoms with E-state index in [0.29, 0.717) is 0 Å². The Hall–Kier alpha value is -2.04. The summed E-state index contributed by atoms with van der Waals surface area (Å²) in [7, 11) is 1.32. The second-order valence-electron chi connectivity index (χ2n) is 4.34. The molecular formula is C14H19NO4. The van der Waals surface area contributed by atoms with Gasteiger partial charge in [0.1, 0.15) is 0 Å². The number of amides is 1. The van der Waals surface area contributed by atoms with Crippen molar-refractivity contribution in [1.29, 1.82) is 0 Å². The van der Waals surface area contributed by atoms with Gasteiger partial charge in [0, 0.05) is 0 Å². The second kappa shape index (κ2) is 7.41. The Morgan fingerprint density at radius 3 is 2.37 bits per heavy atom. The number of methoxy groups -OCH3 is 1. The highest BCUT2D eigenvalue weighted by molar-refractivity contribution is 5.73. The van der Waals surface area contributed by atoms with Crippen molar-refractivity contribution >= 4 is 12.1 Å². The maximum Gasteiger partial charge on any atom is 0.407 e. The van der Waals surface area contributed by atoms with Crippen molar-refractivity contribution in [1.82, 2.24) is 5.32 Å². The summed E-state index contributed by atoms with van der Waals surface area (Å²) in [6, 6.07) is 8.77. The number of benzene rings is 1. The third-order valence-electron chi connectivity index (χ3n) is 2.44. The van der Waals surface area contributed by atoms with Crippen LogP contribution in [-0.2, 0) is 14.3 Å². The first-order valence-electron chi connectivity index (χ1n) is 6.11. The Labute approximate surface area is 112 Å². The molecule has 1 unspecified atom stereocenters. The van der Waals surface area contributed by atoms with Gasteiger partial charge in [-0.05, 0) is 19.4 Å². The van der Waals surface area contributed by atoms with E-state index < -0.39 is 18.1 Å². The number of nitrogens with one attached hydrogen (secondary N) is 1. The van der Waals surface area contributed by atoms with Crippen LogP contribution in [0.5, 0.6) is 0 Å². The predicted octanol–water partition coefficient (Wildman–Crippen LogP) is 2.43. The van der Waals surface area contributed by atoms with Gasteiger partial charge in [-0.1, -0.05) is 30.3 Å². The summed E-state index contributed by atoms with van der Waals surface area (Å²) in [6.07, 6.45) is -0.699. The predicted molar refractivity (Wildman–Crippen MR) is 70.6 cm³/mol. The summed E-state index contributed by atoms with van der Waals surface area (Å²) < 4.78 is 9.65. The molecule has 1 rings (SSSR count). The fourth-order valence-corrected chi connectivity index (χ4v) is 1.58. The molecule has 0 aliphatic heterocycles. The quantitative estimate of drug-likeness (QED) is 0.830. The van der Waals surface area contributed by atoms with Gasteiger partial charge in [-0.3, -0.25) is 4.79 Å². The van der Waals surface area contributed by atoms with E-state index in [1.165, 1.54) is 7.11 Å². The number of hydrogen-bond donors (Lipinski definition) is 1. The lowest BCUT2D eigenvalue weighted by atomic mass is 10.0. The van der Waals surface area contributed by atoms with Gasteiger partial charge in [-0.2, -0.15) is 0 Å². The molecule has 0 radical (unpaired) electrons. The Kier molecular flexibility index (Phi) is 5.85. The van der Waals surface area contributed by atoms with E-state index in [1.807, 2.05) is 30.3 Å². The van der Waals surface area contributed by atoms with Crippen molar-refractivity contribution in [2.75, 3.05) is 7.11 Å². The van der Waals surface area contributed by atoms with Crippen LogP contribution < -0.4 is 5.32 Å². The maximum absolute atomic E-state index is 11.6. The molecule has 1 N–H and O–H groups in total. The van der Waals surface area contributed by atoms with Crippen molar-refractivity contribution in [3.05, 3.63) is 35.9 Å². The summed E-state index contributed by atoms with van der Waals surface area (Å²) >= 11 is 0. The van der Waals surface area contributed by atoms with Crippen LogP contribution in [0, 0.1) is 0 Å². The van der Waals surface area contributed by atoms with Gasteiger partial charge in [0.05, 0.1) is 25.7 Å². The fraction of sp³-hybridized carbons (Fsp3) is 0.429. The van der Waals surface area contributed by atoms with Crippen LogP contribution in [0.1, 0.15) is 31.9 Å². The third-order valence-corrected chi connectivity index (χ3v) is 2.44. The van der Waals surface area contributed by atoms with E-state index >= 15 is 0 Å². The molecule has 0 aromatic heterocycles. The van der Waals surface area contributed by atoms with Gasteiger partial charge in [-0.25, -0.2) is 4.79 Å². The number of rotatable bonds is 5. The molecule has 5 heteroatoms. The SMILES string of the molecule is COC(=O)CC(NC(=O)OC(C)C)c1ccccc1. The van der Waals surface area contributed by atoms with Gasteiger partial charge >= 0.3 is 12.1 Å². The van der Waals surface area contributed by atoms with Crippen molar-refractivity contribution in [2.24, 2.45) is 0 Å². The Balaban J connectivity index is 2.75. The second-order valence-corrected chi connectivity index (χ2v) is 4.34. The third kappa shape index (κ3) is 5.42. The lowest BCUT2D eigenvalue weighted by Gasteiger charge is -2.19. The molecule has 0 saturated carbocycles. The normalized spacial score (nSPS) is 11.8. The van der Waals surface area contributed by atoms with E-state index in [-0.39, 0.29) is 12.5 Å². The van der Waals surface area contributed by atoms with Gasteiger partial charge in [0.25, 0.3) is 0 Å². The largest absolute Gasteiger partial charge is 0.469 e. The number of esters is 1. The molecule has 0 aliphatic rings. The summed E-state index contributed by atoms with van der Waals surface area (Å²) in [4.78, 5) is 23.0. The molecule has 1 aromatic carbocycles. The molecule has 0 saturated heterocycles. The van der Waals surface area contributed by atoms with Gasteiger partial charge in [0.2, 0.25) is 0 Å². The van der Waals surface area contributed by atoms with Crippen LogP contribution in [0.15, 0.2) is 30.3 Å². The number of carbonyl (C=O) groups is 2. The number of carbonyl (C=O) groups excluding carboxylic acids is 2. The molecule has 0 heterocycles. The number of hydrogen-bond acceptors (Lipinski definition) is 4. The van der Waals surface area contributed by atoms with Crippen LogP contribution in [0.2, 0.25) is 0 Å². The topological polar surface area (TPSA) is 64.6 Å². The molecule has 0 aliphatic carbocycles. The highest BCUT2D eigenvalue weighted by Crippen LogP contribution is 2.17. The van der Waals surface area contributed by atoms with E-state index in [1.54, 1.807) is 13.8 Å². The lowest BCUT2D eigenvalue weighted by Crippen LogP contribution is -2.32. The highest BCUT2D eigenvalue weighted by Gasteiger charge is 2.19. The Morgan fingerprint density at radius 1 is 1.21 bits per heavy atom. The molecule has 104 valence electrons. The number of alkyl carbamates (subject to hydrolysis) is 1. The molecule has 0 spiro atoms. The molecule has 0 bridgehead atoms. The smallest absolute Gasteiger partial charge is 0.407 e. The molecule has 1 amide bonds. The minimum absolute atomic E-state index is 0.0632. The van der Waals surface area contributed by atoms with Gasteiger partial charge < -0.3 is 14.8 Å². The van der Waals surface area contributed by atoms with E-state index in [2.05, 4.69) is 10.1 Å². The zero-order valence-electron chi connectivity index (χ0n) is 11.4. The first-order chi connectivity index (χ1) is 9.02. The number of ether oxygens (including phenoxy) is 2. The summed E-state index contributed by atoms with van der Waals surface area (Å²) in [5.41, 5.74) is 0.827. The van der Waals surface area contributed by atoms with E-state index in [9.17, 15) is 9.59 Å². The van der Waals surface area contributed by atoms with E-state index in [0.717, 1.165) is 5.56 Å². The van der Waals surface area contributed by atoms with Crippen molar-refractivity contribution < 1.29 is 19.1 Å². The van der Waals surface area contributed by atoms with Crippen LogP contribution >= 0.6 is 0 Å². The van der Waals surface area contributed by atoms with Crippen molar-refractivity contribution in [3.63, 3.8) is 0 Å². The zero-order valence-corrected chi connectivity index (χ0v) is 11.4. The molecule has 1 atom stereocenters. The molecule has 1 aromatic rings. The van der Waals surface area contributed by atoms with Crippen molar-refractivity contribution in [3.8, 4) is 0 Å². The van der Waals surface area contributed by atoms with Crippen molar-refractivity contribution in [2.45, 2.75) is 32.4 Å². The van der Waals surface area contributed by atoms with Gasteiger partial charge in [0.15, 0.2) is 0 Å². The molecule has 0 fully saturated rings. The van der Waals surface area contributed by atoms with Crippen LogP contribution in [-0.4, -0.2) is 25.3 Å². The minimum Gasteiger partial charge on any atom is -0.469 e.